The molecule has 0 saturated carbocycles. The number of pyridine rings is 1. The Morgan fingerprint density at radius 3 is 2.77 bits per heavy atom. The molecule has 1 aliphatic heterocycles. The van der Waals surface area contributed by atoms with Crippen molar-refractivity contribution in [1.29, 1.82) is 0 Å². The number of allylic oxidation sites excluding steroid dienone is 1. The molecule has 1 aromatic heterocycles. The van der Waals surface area contributed by atoms with E-state index in [0.717, 1.165) is 12.1 Å². The Morgan fingerprint density at radius 2 is 2.09 bits per heavy atom. The summed E-state index contributed by atoms with van der Waals surface area (Å²) in [6, 6.07) is 13.1. The van der Waals surface area contributed by atoms with E-state index in [1.165, 1.54) is 27.3 Å². The van der Waals surface area contributed by atoms with Gasteiger partial charge in [0.1, 0.15) is 0 Å². The minimum atomic E-state index is 0.662. The first-order valence-electron chi connectivity index (χ1n) is 8.09. The molecule has 2 heteroatoms. The van der Waals surface area contributed by atoms with Crippen LogP contribution in [0.2, 0.25) is 0 Å². The van der Waals surface area contributed by atoms with Gasteiger partial charge in [-0.15, -0.1) is 0 Å². The van der Waals surface area contributed by atoms with Crippen molar-refractivity contribution in [2.24, 2.45) is 5.92 Å². The third-order valence-electron chi connectivity index (χ3n) is 4.37. The molecule has 3 rings (SSSR count). The Hall–Kier alpha value is -1.54. The van der Waals surface area contributed by atoms with Gasteiger partial charge in [-0.1, -0.05) is 50.7 Å². The lowest BCUT2D eigenvalue weighted by Crippen LogP contribution is -2.05. The van der Waals surface area contributed by atoms with Crippen LogP contribution in [0.3, 0.4) is 0 Å². The van der Waals surface area contributed by atoms with Gasteiger partial charge < -0.3 is 0 Å². The maximum atomic E-state index is 4.40. The highest BCUT2D eigenvalue weighted by Crippen LogP contribution is 2.42. The third kappa shape index (κ3) is 3.27. The number of aromatic nitrogens is 1. The van der Waals surface area contributed by atoms with Gasteiger partial charge in [-0.2, -0.15) is 0 Å². The molecule has 0 bridgehead atoms. The predicted molar refractivity (Wildman–Crippen MR) is 96.1 cm³/mol. The van der Waals surface area contributed by atoms with E-state index < -0.39 is 0 Å². The van der Waals surface area contributed by atoms with E-state index in [4.69, 9.17) is 0 Å². The van der Waals surface area contributed by atoms with Gasteiger partial charge in [0.05, 0.1) is 5.69 Å². The monoisotopic (exact) mass is 309 g/mol. The summed E-state index contributed by atoms with van der Waals surface area (Å²) in [5.41, 5.74) is 3.99. The summed E-state index contributed by atoms with van der Waals surface area (Å²) in [4.78, 5) is 7.22. The highest BCUT2D eigenvalue weighted by molar-refractivity contribution is 8.03. The summed E-state index contributed by atoms with van der Waals surface area (Å²) in [6.45, 7) is 6.93. The molecule has 114 valence electrons. The molecule has 0 spiro atoms. The number of hydrogen-bond donors (Lipinski definition) is 0. The van der Waals surface area contributed by atoms with Crippen molar-refractivity contribution in [3.63, 3.8) is 0 Å². The average molecular weight is 309 g/mol. The molecule has 0 amide bonds. The lowest BCUT2D eigenvalue weighted by molar-refractivity contribution is 0.484. The zero-order valence-corrected chi connectivity index (χ0v) is 14.4. The SMILES string of the molecule is CCC(c1ccc2c(c1)S/C(=C/c1ccccn1)C2)C(C)C. The highest BCUT2D eigenvalue weighted by Gasteiger charge is 2.20. The molecule has 0 aliphatic carbocycles. The van der Waals surface area contributed by atoms with E-state index in [1.54, 1.807) is 0 Å². The van der Waals surface area contributed by atoms with Crippen LogP contribution in [0, 0.1) is 5.92 Å². The molecule has 1 atom stereocenters. The molecule has 1 nitrogen and oxygen atoms in total. The first-order valence-corrected chi connectivity index (χ1v) is 8.91. The zero-order valence-electron chi connectivity index (χ0n) is 13.5. The first kappa shape index (κ1) is 15.4. The van der Waals surface area contributed by atoms with Crippen LogP contribution < -0.4 is 0 Å². The second-order valence-electron chi connectivity index (χ2n) is 6.27. The number of hydrogen-bond acceptors (Lipinski definition) is 2. The Bertz CT molecular complexity index is 673. The standard InChI is InChI=1S/C20H23NS/c1-4-19(14(2)3)15-8-9-16-11-18(22-20(16)12-15)13-17-7-5-6-10-21-17/h5-10,12-14,19H,4,11H2,1-3H3/b18-13+. The van der Waals surface area contributed by atoms with Crippen molar-refractivity contribution in [2.75, 3.05) is 0 Å². The van der Waals surface area contributed by atoms with E-state index in [0.29, 0.717) is 11.8 Å². The second kappa shape index (κ2) is 6.70. The molecule has 2 heterocycles. The molecule has 0 N–H and O–H groups in total. The smallest absolute Gasteiger partial charge is 0.0637 e. The quantitative estimate of drug-likeness (QED) is 0.695. The number of thioether (sulfide) groups is 1. The summed E-state index contributed by atoms with van der Waals surface area (Å²) in [5, 5.41) is 0. The molecular formula is C20H23NS. The van der Waals surface area contributed by atoms with E-state index in [9.17, 15) is 0 Å². The van der Waals surface area contributed by atoms with Crippen molar-refractivity contribution in [3.05, 3.63) is 64.3 Å². The molecule has 1 aromatic carbocycles. The molecular weight excluding hydrogens is 286 g/mol. The molecule has 1 unspecified atom stereocenters. The van der Waals surface area contributed by atoms with Gasteiger partial charge in [0.15, 0.2) is 0 Å². The van der Waals surface area contributed by atoms with Gasteiger partial charge in [-0.05, 0) is 58.6 Å². The Balaban J connectivity index is 1.83. The van der Waals surface area contributed by atoms with Gasteiger partial charge in [0.2, 0.25) is 0 Å². The van der Waals surface area contributed by atoms with Crippen molar-refractivity contribution in [1.82, 2.24) is 4.98 Å². The highest BCUT2D eigenvalue weighted by atomic mass is 32.2. The normalized spacial score (nSPS) is 17.0. The van der Waals surface area contributed by atoms with Crippen molar-refractivity contribution in [3.8, 4) is 0 Å². The van der Waals surface area contributed by atoms with E-state index in [2.05, 4.69) is 56.1 Å². The summed E-state index contributed by atoms with van der Waals surface area (Å²) in [5.74, 6) is 1.35. The van der Waals surface area contributed by atoms with Crippen LogP contribution in [0.25, 0.3) is 6.08 Å². The first-order chi connectivity index (χ1) is 10.7. The van der Waals surface area contributed by atoms with Gasteiger partial charge in [0.25, 0.3) is 0 Å². The summed E-state index contributed by atoms with van der Waals surface area (Å²) < 4.78 is 0. The fourth-order valence-corrected chi connectivity index (χ4v) is 4.36. The van der Waals surface area contributed by atoms with Crippen LogP contribution in [0.5, 0.6) is 0 Å². The maximum Gasteiger partial charge on any atom is 0.0637 e. The van der Waals surface area contributed by atoms with Gasteiger partial charge in [-0.25, -0.2) is 0 Å². The fraction of sp³-hybridized carbons (Fsp3) is 0.350. The molecule has 0 fully saturated rings. The van der Waals surface area contributed by atoms with Crippen LogP contribution >= 0.6 is 11.8 Å². The minimum Gasteiger partial charge on any atom is -0.257 e. The lowest BCUT2D eigenvalue weighted by atomic mass is 9.86. The Labute approximate surface area is 137 Å². The number of fused-ring (bicyclic) bond motifs is 1. The van der Waals surface area contributed by atoms with Crippen molar-refractivity contribution < 1.29 is 0 Å². The lowest BCUT2D eigenvalue weighted by Gasteiger charge is -2.20. The molecule has 0 radical (unpaired) electrons. The molecule has 0 saturated heterocycles. The average Bonchev–Trinajstić information content (AvgIpc) is 2.90. The summed E-state index contributed by atoms with van der Waals surface area (Å²) in [7, 11) is 0. The second-order valence-corrected chi connectivity index (χ2v) is 7.44. The Kier molecular flexibility index (Phi) is 4.68. The molecule has 22 heavy (non-hydrogen) atoms. The fourth-order valence-electron chi connectivity index (χ4n) is 3.21. The van der Waals surface area contributed by atoms with Gasteiger partial charge in [-0.3, -0.25) is 4.98 Å². The van der Waals surface area contributed by atoms with Gasteiger partial charge >= 0.3 is 0 Å². The summed E-state index contributed by atoms with van der Waals surface area (Å²) in [6.07, 6.45) is 6.31. The minimum absolute atomic E-state index is 0.662. The van der Waals surface area contributed by atoms with E-state index in [1.807, 2.05) is 30.1 Å². The number of rotatable bonds is 4. The zero-order chi connectivity index (χ0) is 15.5. The van der Waals surface area contributed by atoms with Crippen molar-refractivity contribution in [2.45, 2.75) is 44.4 Å². The number of benzene rings is 1. The summed E-state index contributed by atoms with van der Waals surface area (Å²) >= 11 is 1.91. The number of nitrogens with zero attached hydrogens (tertiary/aromatic N) is 1. The van der Waals surface area contributed by atoms with Crippen LogP contribution in [0.15, 0.2) is 52.4 Å². The Morgan fingerprint density at radius 1 is 1.23 bits per heavy atom. The molecule has 1 aliphatic rings. The van der Waals surface area contributed by atoms with Crippen LogP contribution in [0.1, 0.15) is 49.9 Å². The van der Waals surface area contributed by atoms with Crippen LogP contribution in [-0.2, 0) is 6.42 Å². The van der Waals surface area contributed by atoms with Crippen LogP contribution in [-0.4, -0.2) is 4.98 Å². The van der Waals surface area contributed by atoms with Gasteiger partial charge in [0, 0.05) is 17.5 Å². The molecule has 2 aromatic rings. The topological polar surface area (TPSA) is 12.9 Å². The van der Waals surface area contributed by atoms with Crippen molar-refractivity contribution >= 4 is 17.8 Å². The van der Waals surface area contributed by atoms with Crippen LogP contribution in [0.4, 0.5) is 0 Å². The largest absolute Gasteiger partial charge is 0.257 e. The third-order valence-corrected chi connectivity index (χ3v) is 5.49. The van der Waals surface area contributed by atoms with E-state index in [-0.39, 0.29) is 0 Å². The predicted octanol–water partition coefficient (Wildman–Crippen LogP) is 5.92. The van der Waals surface area contributed by atoms with E-state index >= 15 is 0 Å². The maximum absolute atomic E-state index is 4.40.